The zero-order valence-electron chi connectivity index (χ0n) is 11.8. The summed E-state index contributed by atoms with van der Waals surface area (Å²) in [4.78, 5) is 0. The number of nitrogens with zero attached hydrogens (tertiary/aromatic N) is 2. The zero-order valence-corrected chi connectivity index (χ0v) is 12.6. The molecule has 0 aromatic carbocycles. The minimum Gasteiger partial charge on any atom is -0.493 e. The van der Waals surface area contributed by atoms with Crippen LogP contribution >= 0.6 is 11.8 Å². The molecule has 1 aromatic heterocycles. The van der Waals surface area contributed by atoms with E-state index in [2.05, 4.69) is 29.2 Å². The molecule has 0 amide bonds. The third kappa shape index (κ3) is 3.43. The van der Waals surface area contributed by atoms with Gasteiger partial charge >= 0.3 is 0 Å². The first-order chi connectivity index (χ1) is 9.30. The van der Waals surface area contributed by atoms with Gasteiger partial charge in [0.1, 0.15) is 0 Å². The normalized spacial score (nSPS) is 18.5. The van der Waals surface area contributed by atoms with E-state index >= 15 is 0 Å². The molecule has 1 aliphatic heterocycles. The summed E-state index contributed by atoms with van der Waals surface area (Å²) in [7, 11) is 1.69. The zero-order chi connectivity index (χ0) is 13.7. The molecule has 2 heterocycles. The summed E-state index contributed by atoms with van der Waals surface area (Å²) in [6, 6.07) is 0.116. The maximum Gasteiger partial charge on any atom is 0.161 e. The van der Waals surface area contributed by atoms with Gasteiger partial charge in [-0.3, -0.25) is 16.0 Å². The molecule has 108 valence electrons. The molecule has 1 aliphatic rings. The van der Waals surface area contributed by atoms with Crippen LogP contribution in [0.3, 0.4) is 0 Å². The molecule has 0 bridgehead atoms. The highest BCUT2D eigenvalue weighted by atomic mass is 32.2. The molecule has 19 heavy (non-hydrogen) atoms. The number of nitrogens with two attached hydrogens (primary N) is 1. The van der Waals surface area contributed by atoms with E-state index in [1.807, 2.05) is 4.68 Å². The van der Waals surface area contributed by atoms with Crippen LogP contribution < -0.4 is 16.0 Å². The summed E-state index contributed by atoms with van der Waals surface area (Å²) in [5, 5.41) is 4.36. The molecule has 1 aromatic rings. The Labute approximate surface area is 119 Å². The number of thioether (sulfide) groups is 1. The molecule has 5 nitrogen and oxygen atoms in total. The maximum absolute atomic E-state index is 5.78. The average Bonchev–Trinajstić information content (AvgIpc) is 2.88. The van der Waals surface area contributed by atoms with Crippen molar-refractivity contribution in [3.05, 3.63) is 11.9 Å². The van der Waals surface area contributed by atoms with Crippen LogP contribution in [0.4, 0.5) is 0 Å². The summed E-state index contributed by atoms with van der Waals surface area (Å²) in [5.41, 5.74) is 4.03. The molecule has 1 saturated heterocycles. The number of nitrogens with one attached hydrogen (secondary N) is 1. The molecule has 0 aliphatic carbocycles. The first-order valence-corrected chi connectivity index (χ1v) is 8.09. The number of hydrogen-bond acceptors (Lipinski definition) is 5. The van der Waals surface area contributed by atoms with E-state index in [1.165, 1.54) is 24.3 Å². The Hall–Kier alpha value is -0.720. The summed E-state index contributed by atoms with van der Waals surface area (Å²) in [6.07, 6.45) is 5.40. The van der Waals surface area contributed by atoms with Gasteiger partial charge in [-0.1, -0.05) is 0 Å². The van der Waals surface area contributed by atoms with E-state index in [9.17, 15) is 0 Å². The number of aromatic nitrogens is 2. The van der Waals surface area contributed by atoms with Gasteiger partial charge < -0.3 is 4.74 Å². The molecular weight excluding hydrogens is 260 g/mol. The number of ether oxygens (including phenoxy) is 1. The van der Waals surface area contributed by atoms with Gasteiger partial charge in [-0.2, -0.15) is 16.9 Å². The highest BCUT2D eigenvalue weighted by Gasteiger charge is 2.25. The number of hydrazine groups is 1. The second kappa shape index (κ2) is 7.17. The van der Waals surface area contributed by atoms with Crippen molar-refractivity contribution in [2.24, 2.45) is 11.8 Å². The van der Waals surface area contributed by atoms with Crippen molar-refractivity contribution >= 4 is 11.8 Å². The van der Waals surface area contributed by atoms with Crippen molar-refractivity contribution < 1.29 is 4.74 Å². The Balaban J connectivity index is 2.13. The van der Waals surface area contributed by atoms with Crippen molar-refractivity contribution in [2.75, 3.05) is 18.6 Å². The Kier molecular flexibility index (Phi) is 5.54. The molecule has 3 N–H and O–H groups in total. The standard InChI is InChI=1S/C13H24N4OS/c1-3-17-13(12(18-2)9-15-17)11(16-14)8-10-4-6-19-7-5-10/h9-11,16H,3-8,14H2,1-2H3. The number of methoxy groups -OCH3 is 1. The predicted molar refractivity (Wildman–Crippen MR) is 79.2 cm³/mol. The summed E-state index contributed by atoms with van der Waals surface area (Å²) >= 11 is 2.05. The van der Waals surface area contributed by atoms with E-state index in [-0.39, 0.29) is 6.04 Å². The van der Waals surface area contributed by atoms with Crippen LogP contribution in [0, 0.1) is 5.92 Å². The van der Waals surface area contributed by atoms with E-state index in [4.69, 9.17) is 10.6 Å². The molecule has 0 spiro atoms. The Morgan fingerprint density at radius 1 is 1.58 bits per heavy atom. The highest BCUT2D eigenvalue weighted by molar-refractivity contribution is 7.99. The van der Waals surface area contributed by atoms with E-state index in [0.717, 1.165) is 30.3 Å². The number of rotatable bonds is 6. The van der Waals surface area contributed by atoms with Gasteiger partial charge in [0.25, 0.3) is 0 Å². The molecule has 0 radical (unpaired) electrons. The monoisotopic (exact) mass is 284 g/mol. The summed E-state index contributed by atoms with van der Waals surface area (Å²) < 4.78 is 7.39. The van der Waals surface area contributed by atoms with Crippen molar-refractivity contribution in [3.8, 4) is 5.75 Å². The van der Waals surface area contributed by atoms with Crippen LogP contribution in [0.2, 0.25) is 0 Å². The largest absolute Gasteiger partial charge is 0.493 e. The van der Waals surface area contributed by atoms with Crippen LogP contribution in [-0.2, 0) is 6.54 Å². The lowest BCUT2D eigenvalue weighted by molar-refractivity contribution is 0.341. The Morgan fingerprint density at radius 2 is 2.32 bits per heavy atom. The van der Waals surface area contributed by atoms with Crippen LogP contribution in [0.1, 0.15) is 37.9 Å². The lowest BCUT2D eigenvalue weighted by atomic mass is 9.93. The second-order valence-corrected chi connectivity index (χ2v) is 6.15. The fraction of sp³-hybridized carbons (Fsp3) is 0.769. The van der Waals surface area contributed by atoms with Crippen LogP contribution in [0.15, 0.2) is 6.20 Å². The Bertz CT molecular complexity index is 368. The third-order valence-electron chi connectivity index (χ3n) is 3.81. The summed E-state index contributed by atoms with van der Waals surface area (Å²) in [6.45, 7) is 2.91. The maximum atomic E-state index is 5.78. The van der Waals surface area contributed by atoms with Gasteiger partial charge in [-0.05, 0) is 43.6 Å². The molecule has 0 saturated carbocycles. The summed E-state index contributed by atoms with van der Waals surface area (Å²) in [5.74, 6) is 9.89. The Morgan fingerprint density at radius 3 is 2.89 bits per heavy atom. The van der Waals surface area contributed by atoms with E-state index in [1.54, 1.807) is 13.3 Å². The molecule has 1 fully saturated rings. The quantitative estimate of drug-likeness (QED) is 0.617. The van der Waals surface area contributed by atoms with Crippen molar-refractivity contribution in [1.29, 1.82) is 0 Å². The number of hydrogen-bond donors (Lipinski definition) is 2. The van der Waals surface area contributed by atoms with Crippen molar-refractivity contribution in [1.82, 2.24) is 15.2 Å². The van der Waals surface area contributed by atoms with Crippen LogP contribution in [-0.4, -0.2) is 28.4 Å². The second-order valence-electron chi connectivity index (χ2n) is 4.92. The van der Waals surface area contributed by atoms with Crippen molar-refractivity contribution in [3.63, 3.8) is 0 Å². The van der Waals surface area contributed by atoms with E-state index < -0.39 is 0 Å². The van der Waals surface area contributed by atoms with Crippen LogP contribution in [0.5, 0.6) is 5.75 Å². The van der Waals surface area contributed by atoms with Gasteiger partial charge in [-0.15, -0.1) is 0 Å². The first kappa shape index (κ1) is 14.7. The fourth-order valence-electron chi connectivity index (χ4n) is 2.71. The fourth-order valence-corrected chi connectivity index (χ4v) is 3.92. The highest BCUT2D eigenvalue weighted by Crippen LogP contribution is 2.33. The molecule has 2 rings (SSSR count). The smallest absolute Gasteiger partial charge is 0.161 e. The molecule has 6 heteroatoms. The van der Waals surface area contributed by atoms with Gasteiger partial charge in [0.05, 0.1) is 25.0 Å². The van der Waals surface area contributed by atoms with Gasteiger partial charge in [0, 0.05) is 6.54 Å². The minimum absolute atomic E-state index is 0.116. The topological polar surface area (TPSA) is 65.1 Å². The molecule has 1 atom stereocenters. The number of aryl methyl sites for hydroxylation is 1. The van der Waals surface area contributed by atoms with E-state index in [0.29, 0.717) is 0 Å². The predicted octanol–water partition coefficient (Wildman–Crippen LogP) is 1.95. The average molecular weight is 284 g/mol. The first-order valence-electron chi connectivity index (χ1n) is 6.93. The molecule has 1 unspecified atom stereocenters. The molecular formula is C13H24N4OS. The lowest BCUT2D eigenvalue weighted by Gasteiger charge is -2.26. The van der Waals surface area contributed by atoms with Crippen molar-refractivity contribution in [2.45, 2.75) is 38.8 Å². The van der Waals surface area contributed by atoms with Gasteiger partial charge in [-0.25, -0.2) is 0 Å². The van der Waals surface area contributed by atoms with Gasteiger partial charge in [0.15, 0.2) is 5.75 Å². The third-order valence-corrected chi connectivity index (χ3v) is 4.85. The van der Waals surface area contributed by atoms with Crippen LogP contribution in [0.25, 0.3) is 0 Å². The van der Waals surface area contributed by atoms with Gasteiger partial charge in [0.2, 0.25) is 0 Å². The SMILES string of the molecule is CCn1ncc(OC)c1C(CC1CCSCC1)NN. The minimum atomic E-state index is 0.116. The lowest BCUT2D eigenvalue weighted by Crippen LogP contribution is -2.32.